The third-order valence-corrected chi connectivity index (χ3v) is 2.68. The van der Waals surface area contributed by atoms with Crippen LogP contribution in [0.2, 0.25) is 0 Å². The molecule has 0 saturated heterocycles. The van der Waals surface area contributed by atoms with Crippen LogP contribution in [0.25, 0.3) is 0 Å². The molecule has 0 saturated carbocycles. The van der Waals surface area contributed by atoms with Crippen molar-refractivity contribution in [1.29, 1.82) is 0 Å². The molecule has 0 heterocycles. The number of carbonyl (C=O) groups excluding carboxylic acids is 1. The zero-order chi connectivity index (χ0) is 11.7. The predicted octanol–water partition coefficient (Wildman–Crippen LogP) is 2.68. The van der Waals surface area contributed by atoms with E-state index in [1.807, 2.05) is 13.8 Å². The molecule has 5 nitrogen and oxygen atoms in total. The van der Waals surface area contributed by atoms with Gasteiger partial charge in [0.2, 0.25) is 0 Å². The Morgan fingerprint density at radius 1 is 1.27 bits per heavy atom. The van der Waals surface area contributed by atoms with Crippen LogP contribution >= 0.6 is 7.82 Å². The molecule has 0 aromatic carbocycles. The molecule has 0 N–H and O–H groups in total. The second kappa shape index (κ2) is 7.63. The molecule has 6 heteroatoms. The molecule has 0 amide bonds. The minimum absolute atomic E-state index is 0.214. The lowest BCUT2D eigenvalue weighted by molar-refractivity contribution is -0.130. The normalized spacial score (nSPS) is 11.1. The molecule has 0 atom stereocenters. The number of phosphoric acid groups is 1. The highest BCUT2D eigenvalue weighted by molar-refractivity contribution is 7.49. The van der Waals surface area contributed by atoms with Crippen molar-refractivity contribution in [2.75, 3.05) is 13.2 Å². The van der Waals surface area contributed by atoms with Crippen LogP contribution in [0.3, 0.4) is 0 Å². The molecule has 88 valence electrons. The molecule has 0 radical (unpaired) electrons. The Labute approximate surface area is 90.0 Å². The van der Waals surface area contributed by atoms with Gasteiger partial charge in [0.25, 0.3) is 0 Å². The topological polar surface area (TPSA) is 61.8 Å². The van der Waals surface area contributed by atoms with Crippen LogP contribution in [0.5, 0.6) is 0 Å². The van der Waals surface area contributed by atoms with Crippen LogP contribution in [0.15, 0.2) is 12.7 Å². The van der Waals surface area contributed by atoms with Gasteiger partial charge in [0.05, 0.1) is 13.2 Å². The average Bonchev–Trinajstić information content (AvgIpc) is 2.23. The zero-order valence-electron chi connectivity index (χ0n) is 9.10. The van der Waals surface area contributed by atoms with Gasteiger partial charge in [0, 0.05) is 6.08 Å². The predicted molar refractivity (Wildman–Crippen MR) is 56.4 cm³/mol. The second-order valence-electron chi connectivity index (χ2n) is 2.73. The molecule has 0 aliphatic carbocycles. The summed E-state index contributed by atoms with van der Waals surface area (Å²) in [4.78, 5) is 10.9. The van der Waals surface area contributed by atoms with E-state index in [2.05, 4.69) is 11.1 Å². The average molecular weight is 236 g/mol. The summed E-state index contributed by atoms with van der Waals surface area (Å²) in [5, 5.41) is 0. The maximum atomic E-state index is 11.8. The van der Waals surface area contributed by atoms with E-state index in [0.717, 1.165) is 6.08 Å². The Kier molecular flexibility index (Phi) is 7.30. The van der Waals surface area contributed by atoms with Crippen molar-refractivity contribution in [3.05, 3.63) is 12.7 Å². The van der Waals surface area contributed by atoms with E-state index in [9.17, 15) is 9.36 Å². The summed E-state index contributed by atoms with van der Waals surface area (Å²) in [6.45, 7) is 7.32. The maximum Gasteiger partial charge on any atom is 0.532 e. The molecule has 0 bridgehead atoms. The number of carbonyl (C=O) groups is 1. The molecule has 0 unspecified atom stereocenters. The number of rotatable bonds is 8. The highest BCUT2D eigenvalue weighted by atomic mass is 31.2. The van der Waals surface area contributed by atoms with Crippen LogP contribution in [-0.2, 0) is 22.9 Å². The number of hydrogen-bond donors (Lipinski definition) is 0. The Morgan fingerprint density at radius 3 is 2.07 bits per heavy atom. The van der Waals surface area contributed by atoms with E-state index >= 15 is 0 Å². The molecule has 15 heavy (non-hydrogen) atoms. The summed E-state index contributed by atoms with van der Waals surface area (Å²) in [7, 11) is -3.75. The van der Waals surface area contributed by atoms with Crippen LogP contribution < -0.4 is 0 Å². The van der Waals surface area contributed by atoms with Crippen LogP contribution in [0.4, 0.5) is 0 Å². The SMILES string of the molecule is C=CC(=O)OP(=O)(OCCC)OCCC. The zero-order valence-corrected chi connectivity index (χ0v) is 10.00. The summed E-state index contributed by atoms with van der Waals surface area (Å²) in [6.07, 6.45) is 2.23. The first kappa shape index (κ1) is 14.4. The van der Waals surface area contributed by atoms with Crippen molar-refractivity contribution >= 4 is 13.8 Å². The monoisotopic (exact) mass is 236 g/mol. The van der Waals surface area contributed by atoms with Gasteiger partial charge in [-0.1, -0.05) is 20.4 Å². The molecule has 0 aromatic heterocycles. The Balaban J connectivity index is 4.32. The van der Waals surface area contributed by atoms with E-state index in [-0.39, 0.29) is 13.2 Å². The lowest BCUT2D eigenvalue weighted by Crippen LogP contribution is -2.05. The Bertz CT molecular complexity index is 239. The lowest BCUT2D eigenvalue weighted by atomic mass is 10.5. The molecule has 0 rings (SSSR count). The van der Waals surface area contributed by atoms with Gasteiger partial charge >= 0.3 is 13.8 Å². The maximum absolute atomic E-state index is 11.8. The largest absolute Gasteiger partial charge is 0.532 e. The van der Waals surface area contributed by atoms with Gasteiger partial charge in [0.1, 0.15) is 0 Å². The Morgan fingerprint density at radius 2 is 1.73 bits per heavy atom. The van der Waals surface area contributed by atoms with E-state index in [0.29, 0.717) is 12.8 Å². The first-order valence-electron chi connectivity index (χ1n) is 4.83. The first-order chi connectivity index (χ1) is 7.08. The minimum Gasteiger partial charge on any atom is -0.367 e. The Hall–Kier alpha value is -0.640. The van der Waals surface area contributed by atoms with E-state index in [1.165, 1.54) is 0 Å². The number of hydrogen-bond acceptors (Lipinski definition) is 5. The standard InChI is InChI=1S/C9H17O5P/c1-4-7-12-15(11,13-8-5-2)14-9(10)6-3/h6H,3-5,7-8H2,1-2H3. The van der Waals surface area contributed by atoms with Crippen molar-refractivity contribution in [3.8, 4) is 0 Å². The van der Waals surface area contributed by atoms with Gasteiger partial charge in [0.15, 0.2) is 0 Å². The first-order valence-corrected chi connectivity index (χ1v) is 6.29. The van der Waals surface area contributed by atoms with Gasteiger partial charge < -0.3 is 4.52 Å². The van der Waals surface area contributed by atoms with Crippen molar-refractivity contribution in [1.82, 2.24) is 0 Å². The summed E-state index contributed by atoms with van der Waals surface area (Å²) < 4.78 is 26.1. The van der Waals surface area contributed by atoms with Gasteiger partial charge in [-0.05, 0) is 12.8 Å². The van der Waals surface area contributed by atoms with Crippen LogP contribution in [-0.4, -0.2) is 19.2 Å². The third kappa shape index (κ3) is 6.44. The fourth-order valence-corrected chi connectivity index (χ4v) is 1.93. The molecule has 0 fully saturated rings. The molecule has 0 aromatic rings. The molecular weight excluding hydrogens is 219 g/mol. The summed E-state index contributed by atoms with van der Waals surface area (Å²) in [5.41, 5.74) is 0. The summed E-state index contributed by atoms with van der Waals surface area (Å²) in [5.74, 6) is -0.814. The molecular formula is C9H17O5P. The van der Waals surface area contributed by atoms with E-state index in [1.54, 1.807) is 0 Å². The fourth-order valence-electron chi connectivity index (χ4n) is 0.644. The van der Waals surface area contributed by atoms with Crippen molar-refractivity contribution in [2.45, 2.75) is 26.7 Å². The lowest BCUT2D eigenvalue weighted by Gasteiger charge is -2.15. The smallest absolute Gasteiger partial charge is 0.367 e. The van der Waals surface area contributed by atoms with Crippen LogP contribution in [0.1, 0.15) is 26.7 Å². The minimum atomic E-state index is -3.75. The highest BCUT2D eigenvalue weighted by Crippen LogP contribution is 2.49. The fraction of sp³-hybridized carbons (Fsp3) is 0.667. The number of phosphoric ester groups is 1. The van der Waals surface area contributed by atoms with Crippen molar-refractivity contribution < 1.29 is 22.9 Å². The molecule has 0 aliphatic rings. The molecule has 0 aliphatic heterocycles. The van der Waals surface area contributed by atoms with Gasteiger partial charge in [-0.2, -0.15) is 0 Å². The van der Waals surface area contributed by atoms with E-state index in [4.69, 9.17) is 9.05 Å². The van der Waals surface area contributed by atoms with E-state index < -0.39 is 13.8 Å². The molecule has 0 spiro atoms. The van der Waals surface area contributed by atoms with Crippen LogP contribution in [0, 0.1) is 0 Å². The summed E-state index contributed by atoms with van der Waals surface area (Å²) >= 11 is 0. The van der Waals surface area contributed by atoms with Gasteiger partial charge in [-0.15, -0.1) is 0 Å². The summed E-state index contributed by atoms with van der Waals surface area (Å²) in [6, 6.07) is 0. The van der Waals surface area contributed by atoms with Gasteiger partial charge in [-0.3, -0.25) is 9.05 Å². The van der Waals surface area contributed by atoms with Crippen molar-refractivity contribution in [2.24, 2.45) is 0 Å². The van der Waals surface area contributed by atoms with Crippen molar-refractivity contribution in [3.63, 3.8) is 0 Å². The van der Waals surface area contributed by atoms with Gasteiger partial charge in [-0.25, -0.2) is 9.36 Å². The highest BCUT2D eigenvalue weighted by Gasteiger charge is 2.29. The third-order valence-electron chi connectivity index (χ3n) is 1.28. The quantitative estimate of drug-likeness (QED) is 0.479. The second-order valence-corrected chi connectivity index (χ2v) is 4.32.